The Morgan fingerprint density at radius 2 is 2.08 bits per heavy atom. The van der Waals surface area contributed by atoms with Crippen LogP contribution >= 0.6 is 11.6 Å². The van der Waals surface area contributed by atoms with Crippen molar-refractivity contribution in [1.29, 1.82) is 0 Å². The first-order valence-corrected chi connectivity index (χ1v) is 7.77. The first kappa shape index (κ1) is 15.3. The Kier molecular flexibility index (Phi) is 3.28. The number of aromatic carboxylic acids is 1. The van der Waals surface area contributed by atoms with E-state index in [0.29, 0.717) is 31.0 Å². The molecule has 2 aliphatic rings. The molecule has 4 rings (SSSR count). The molecule has 2 unspecified atom stereocenters. The molecule has 1 saturated heterocycles. The molecule has 2 atom stereocenters. The van der Waals surface area contributed by atoms with Gasteiger partial charge >= 0.3 is 5.97 Å². The number of halogens is 3. The second-order valence-electron chi connectivity index (χ2n) is 6.15. The third kappa shape index (κ3) is 2.41. The monoisotopic (exact) mass is 354 g/mol. The normalized spacial score (nSPS) is 24.0. The molecule has 2 aromatic rings. The van der Waals surface area contributed by atoms with Gasteiger partial charge in [-0.3, -0.25) is 0 Å². The van der Waals surface area contributed by atoms with Crippen molar-refractivity contribution in [3.05, 3.63) is 41.1 Å². The summed E-state index contributed by atoms with van der Waals surface area (Å²) in [6.45, 7) is 0.920. The Bertz CT molecular complexity index is 812. The van der Waals surface area contributed by atoms with Crippen LogP contribution in [0.25, 0.3) is 0 Å². The summed E-state index contributed by atoms with van der Waals surface area (Å²) in [6.07, 6.45) is 2.81. The van der Waals surface area contributed by atoms with E-state index in [1.54, 1.807) is 16.7 Å². The van der Waals surface area contributed by atoms with E-state index in [-0.39, 0.29) is 10.8 Å². The number of rotatable bonds is 4. The maximum absolute atomic E-state index is 13.3. The summed E-state index contributed by atoms with van der Waals surface area (Å²) in [5, 5.41) is 9.13. The Labute approximate surface area is 140 Å². The van der Waals surface area contributed by atoms with Crippen molar-refractivity contribution >= 4 is 23.4 Å². The first-order chi connectivity index (χ1) is 11.4. The number of carboxylic acids is 1. The molecular weight excluding hydrogens is 342 g/mol. The van der Waals surface area contributed by atoms with Gasteiger partial charge in [-0.1, -0.05) is 17.7 Å². The fourth-order valence-electron chi connectivity index (χ4n) is 3.20. The van der Waals surface area contributed by atoms with Gasteiger partial charge in [-0.05, 0) is 6.07 Å². The highest BCUT2D eigenvalue weighted by atomic mass is 35.5. The summed E-state index contributed by atoms with van der Waals surface area (Å²) in [6, 6.07) is 3.52. The van der Waals surface area contributed by atoms with Crippen LogP contribution in [0.4, 0.5) is 14.6 Å². The molecule has 0 spiro atoms. The summed E-state index contributed by atoms with van der Waals surface area (Å²) < 4.78 is 28.1. The zero-order valence-corrected chi connectivity index (χ0v) is 13.1. The van der Waals surface area contributed by atoms with Crippen LogP contribution in [0.5, 0.6) is 0 Å². The molecule has 1 saturated carbocycles. The number of aromatic nitrogens is 3. The van der Waals surface area contributed by atoms with Crippen molar-refractivity contribution in [2.75, 3.05) is 18.0 Å². The lowest BCUT2D eigenvalue weighted by Gasteiger charge is -2.21. The zero-order valence-electron chi connectivity index (χ0n) is 12.4. The lowest BCUT2D eigenvalue weighted by atomic mass is 10.2. The number of nitrogens with zero attached hydrogens (tertiary/aromatic N) is 4. The van der Waals surface area contributed by atoms with Gasteiger partial charge in [0, 0.05) is 24.8 Å². The van der Waals surface area contributed by atoms with Gasteiger partial charge in [0.2, 0.25) is 0 Å². The number of piperidine rings is 1. The number of imidazole rings is 1. The van der Waals surface area contributed by atoms with Crippen molar-refractivity contribution in [3.8, 4) is 0 Å². The summed E-state index contributed by atoms with van der Waals surface area (Å²) in [4.78, 5) is 20.7. The number of anilines is 1. The topological polar surface area (TPSA) is 71.2 Å². The molecule has 0 aromatic carbocycles. The molecule has 1 aliphatic carbocycles. The van der Waals surface area contributed by atoms with Crippen LogP contribution in [0.15, 0.2) is 24.7 Å². The Balaban J connectivity index is 1.47. The zero-order chi connectivity index (χ0) is 17.1. The van der Waals surface area contributed by atoms with Crippen LogP contribution in [-0.2, 0) is 6.54 Å². The second kappa shape index (κ2) is 5.14. The fraction of sp³-hybridized carbons (Fsp3) is 0.400. The number of hydrogen-bond acceptors (Lipinski definition) is 4. The van der Waals surface area contributed by atoms with Gasteiger partial charge in [0.1, 0.15) is 11.0 Å². The number of carbonyl (C=O) groups is 1. The molecule has 3 heterocycles. The van der Waals surface area contributed by atoms with Gasteiger partial charge < -0.3 is 14.6 Å². The second-order valence-corrected chi connectivity index (χ2v) is 6.51. The van der Waals surface area contributed by atoms with Gasteiger partial charge in [-0.15, -0.1) is 0 Å². The maximum atomic E-state index is 13.3. The lowest BCUT2D eigenvalue weighted by molar-refractivity contribution is 0.0690. The average Bonchev–Trinajstić information content (AvgIpc) is 3.00. The highest BCUT2D eigenvalue weighted by Gasteiger charge is 2.71. The van der Waals surface area contributed by atoms with E-state index < -0.39 is 23.7 Å². The van der Waals surface area contributed by atoms with Crippen LogP contribution in [0.2, 0.25) is 5.15 Å². The van der Waals surface area contributed by atoms with Crippen molar-refractivity contribution in [3.63, 3.8) is 0 Å². The maximum Gasteiger partial charge on any atom is 0.356 e. The van der Waals surface area contributed by atoms with E-state index in [1.165, 1.54) is 12.5 Å². The highest BCUT2D eigenvalue weighted by Crippen LogP contribution is 2.59. The predicted molar refractivity (Wildman–Crippen MR) is 81.7 cm³/mol. The molecule has 9 heteroatoms. The lowest BCUT2D eigenvalue weighted by Crippen LogP contribution is -2.28. The SMILES string of the molecule is O=C(O)c1cn(Cc2ccc(N3CC4C(C3)C4(F)F)nc2Cl)cn1. The fourth-order valence-corrected chi connectivity index (χ4v) is 3.41. The first-order valence-electron chi connectivity index (χ1n) is 7.39. The van der Waals surface area contributed by atoms with Crippen LogP contribution in [0.3, 0.4) is 0 Å². The molecule has 126 valence electrons. The van der Waals surface area contributed by atoms with Crippen molar-refractivity contribution in [2.24, 2.45) is 11.8 Å². The summed E-state index contributed by atoms with van der Waals surface area (Å²) in [5.74, 6) is -4.18. The largest absolute Gasteiger partial charge is 0.476 e. The minimum atomic E-state index is -2.52. The number of hydrogen-bond donors (Lipinski definition) is 1. The quantitative estimate of drug-likeness (QED) is 0.854. The molecule has 1 N–H and O–H groups in total. The van der Waals surface area contributed by atoms with Crippen LogP contribution in [-0.4, -0.2) is 44.6 Å². The van der Waals surface area contributed by atoms with E-state index in [4.69, 9.17) is 16.7 Å². The Morgan fingerprint density at radius 3 is 2.67 bits per heavy atom. The molecule has 24 heavy (non-hydrogen) atoms. The van der Waals surface area contributed by atoms with E-state index >= 15 is 0 Å². The number of carboxylic acid groups (broad SMARTS) is 1. The van der Waals surface area contributed by atoms with Crippen LogP contribution in [0.1, 0.15) is 16.1 Å². The summed E-state index contributed by atoms with van der Waals surface area (Å²) >= 11 is 6.19. The van der Waals surface area contributed by atoms with Gasteiger partial charge in [0.25, 0.3) is 5.92 Å². The van der Waals surface area contributed by atoms with E-state index in [2.05, 4.69) is 9.97 Å². The van der Waals surface area contributed by atoms with Gasteiger partial charge in [0.05, 0.1) is 24.7 Å². The van der Waals surface area contributed by atoms with Crippen LogP contribution < -0.4 is 4.90 Å². The van der Waals surface area contributed by atoms with Crippen LogP contribution in [0, 0.1) is 11.8 Å². The summed E-state index contributed by atoms with van der Waals surface area (Å²) in [7, 11) is 0. The molecular formula is C15H13ClF2N4O2. The smallest absolute Gasteiger partial charge is 0.356 e. The minimum Gasteiger partial charge on any atom is -0.476 e. The van der Waals surface area contributed by atoms with E-state index in [1.807, 2.05) is 4.90 Å². The molecule has 2 aromatic heterocycles. The van der Waals surface area contributed by atoms with E-state index in [9.17, 15) is 13.6 Å². The highest BCUT2D eigenvalue weighted by molar-refractivity contribution is 6.30. The minimum absolute atomic E-state index is 0.0482. The number of fused-ring (bicyclic) bond motifs is 1. The van der Waals surface area contributed by atoms with Crippen molar-refractivity contribution in [1.82, 2.24) is 14.5 Å². The number of alkyl halides is 2. The molecule has 0 amide bonds. The third-order valence-corrected chi connectivity index (χ3v) is 4.97. The van der Waals surface area contributed by atoms with Crippen molar-refractivity contribution < 1.29 is 18.7 Å². The molecule has 2 fully saturated rings. The Hall–Kier alpha value is -2.22. The number of pyridine rings is 1. The standard InChI is InChI=1S/C15H13ClF2N4O2/c16-13-8(3-21-6-11(14(23)24)19-7-21)1-2-12(20-13)22-4-9-10(5-22)15(9,17)18/h1-2,6-7,9-10H,3-5H2,(H,23,24). The van der Waals surface area contributed by atoms with Gasteiger partial charge in [-0.2, -0.15) is 0 Å². The molecule has 6 nitrogen and oxygen atoms in total. The van der Waals surface area contributed by atoms with Crippen molar-refractivity contribution in [2.45, 2.75) is 12.5 Å². The molecule has 0 radical (unpaired) electrons. The van der Waals surface area contributed by atoms with E-state index in [0.717, 1.165) is 0 Å². The molecule has 1 aliphatic heterocycles. The Morgan fingerprint density at radius 1 is 1.38 bits per heavy atom. The van der Waals surface area contributed by atoms with Gasteiger partial charge in [0.15, 0.2) is 5.69 Å². The predicted octanol–water partition coefficient (Wildman–Crippen LogP) is 2.38. The summed E-state index contributed by atoms with van der Waals surface area (Å²) in [5.41, 5.74) is 0.650. The third-order valence-electron chi connectivity index (χ3n) is 4.64. The van der Waals surface area contributed by atoms with Gasteiger partial charge in [-0.25, -0.2) is 23.5 Å². The molecule has 0 bridgehead atoms. The average molecular weight is 355 g/mol.